The maximum atomic E-state index is 13.5. The van der Waals surface area contributed by atoms with Crippen LogP contribution in [-0.4, -0.2) is 52.1 Å². The Hall–Kier alpha value is -2.05. The number of aliphatic hydroxyl groups is 1. The Morgan fingerprint density at radius 1 is 1.32 bits per heavy atom. The second kappa shape index (κ2) is 6.97. The van der Waals surface area contributed by atoms with E-state index in [0.717, 1.165) is 30.6 Å². The highest BCUT2D eigenvalue weighted by Crippen LogP contribution is 2.85. The van der Waals surface area contributed by atoms with Crippen molar-refractivity contribution in [2.75, 3.05) is 13.0 Å². The maximum Gasteiger partial charge on any atom is 0.338 e. The van der Waals surface area contributed by atoms with Crippen LogP contribution in [0.5, 0.6) is 5.75 Å². The van der Waals surface area contributed by atoms with Gasteiger partial charge in [0.15, 0.2) is 11.1 Å². The molecule has 5 rings (SSSR count). The fourth-order valence-corrected chi connectivity index (χ4v) is 6.97. The summed E-state index contributed by atoms with van der Waals surface area (Å²) in [6.07, 6.45) is 6.54. The van der Waals surface area contributed by atoms with Gasteiger partial charge in [0, 0.05) is 18.3 Å². The van der Waals surface area contributed by atoms with Crippen LogP contribution < -0.4 is 4.74 Å². The van der Waals surface area contributed by atoms with Crippen molar-refractivity contribution in [2.24, 2.45) is 17.3 Å². The standard InChI is InChI=1S/C24H28ClNO5/c1-22-18(12-13-25)20(28)26(14-15-8-10-17(30-2)11-9-15)23(22)21(29)31-24(22,23)19(27)16-6-4-3-5-7-16/h4,6,8-11,16,18-19,27H,3,5,7,12-14H2,1-2H3/t16?,18-,19-,22-,23?,24-/m0/s1. The van der Waals surface area contributed by atoms with Crippen molar-refractivity contribution in [2.45, 2.75) is 56.4 Å². The number of hydrogen-bond donors (Lipinski definition) is 1. The molecular weight excluding hydrogens is 418 g/mol. The molecule has 31 heavy (non-hydrogen) atoms. The van der Waals surface area contributed by atoms with Gasteiger partial charge in [0.05, 0.1) is 18.4 Å². The normalized spacial score (nSPS) is 38.8. The van der Waals surface area contributed by atoms with Gasteiger partial charge in [0.25, 0.3) is 0 Å². The number of fused-ring (bicyclic) bond motifs is 1. The molecule has 1 spiro atoms. The number of likely N-dealkylation sites (tertiary alicyclic amines) is 1. The van der Waals surface area contributed by atoms with Crippen LogP contribution >= 0.6 is 11.6 Å². The number of amides is 1. The molecule has 6 atom stereocenters. The number of nitrogens with zero attached hydrogens (tertiary/aromatic N) is 1. The third kappa shape index (κ3) is 2.28. The van der Waals surface area contributed by atoms with Gasteiger partial charge in [-0.1, -0.05) is 31.2 Å². The first kappa shape index (κ1) is 20.8. The molecule has 1 aromatic rings. The van der Waals surface area contributed by atoms with Gasteiger partial charge in [0.1, 0.15) is 11.9 Å². The number of alkyl halides is 1. The van der Waals surface area contributed by atoms with Crippen LogP contribution in [0.4, 0.5) is 0 Å². The summed E-state index contributed by atoms with van der Waals surface area (Å²) >= 11 is 6.07. The maximum absolute atomic E-state index is 13.5. The van der Waals surface area contributed by atoms with Crippen molar-refractivity contribution in [1.82, 2.24) is 4.90 Å². The zero-order valence-corrected chi connectivity index (χ0v) is 18.6. The van der Waals surface area contributed by atoms with Crippen LogP contribution in [-0.2, 0) is 20.9 Å². The molecule has 0 aromatic heterocycles. The lowest BCUT2D eigenvalue weighted by molar-refractivity contribution is -0.212. The molecule has 7 heteroatoms. The molecule has 2 aliphatic heterocycles. The van der Waals surface area contributed by atoms with E-state index in [1.54, 1.807) is 12.0 Å². The van der Waals surface area contributed by atoms with Crippen molar-refractivity contribution < 1.29 is 24.2 Å². The topological polar surface area (TPSA) is 76.1 Å². The smallest absolute Gasteiger partial charge is 0.338 e. The van der Waals surface area contributed by atoms with Gasteiger partial charge >= 0.3 is 5.97 Å². The first-order valence-electron chi connectivity index (χ1n) is 11.0. The molecular formula is C24H28ClNO5. The number of ether oxygens (including phenoxy) is 2. The van der Waals surface area contributed by atoms with E-state index in [-0.39, 0.29) is 18.4 Å². The predicted molar refractivity (Wildman–Crippen MR) is 115 cm³/mol. The van der Waals surface area contributed by atoms with Crippen molar-refractivity contribution in [1.29, 1.82) is 0 Å². The number of methoxy groups -OCH3 is 1. The number of piperidine rings is 1. The molecule has 2 heterocycles. The molecule has 0 radical (unpaired) electrons. The Morgan fingerprint density at radius 3 is 2.65 bits per heavy atom. The zero-order chi connectivity index (χ0) is 22.0. The molecule has 2 saturated heterocycles. The summed E-state index contributed by atoms with van der Waals surface area (Å²) in [5.41, 5.74) is -2.09. The summed E-state index contributed by atoms with van der Waals surface area (Å²) in [7, 11) is 1.60. The Bertz CT molecular complexity index is 948. The average molecular weight is 446 g/mol. The summed E-state index contributed by atoms with van der Waals surface area (Å²) < 4.78 is 11.1. The number of esters is 1. The molecule has 2 aliphatic carbocycles. The van der Waals surface area contributed by atoms with Crippen molar-refractivity contribution in [3.63, 3.8) is 0 Å². The van der Waals surface area contributed by atoms with Gasteiger partial charge in [0.2, 0.25) is 5.91 Å². The fourth-order valence-electron chi connectivity index (χ4n) is 6.75. The van der Waals surface area contributed by atoms with Gasteiger partial charge in [-0.05, 0) is 43.4 Å². The number of hydrogen-bond acceptors (Lipinski definition) is 5. The summed E-state index contributed by atoms with van der Waals surface area (Å²) in [5, 5.41) is 11.5. The van der Waals surface area contributed by atoms with E-state index >= 15 is 0 Å². The highest BCUT2D eigenvalue weighted by molar-refractivity contribution is 6.18. The molecule has 0 bridgehead atoms. The largest absolute Gasteiger partial charge is 0.497 e. The summed E-state index contributed by atoms with van der Waals surface area (Å²) in [6, 6.07) is 7.46. The molecule has 4 aliphatic rings. The second-order valence-corrected chi connectivity index (χ2v) is 9.69. The SMILES string of the molecule is COc1ccc(CN2C(=O)[C@H](CCCl)[C@@]3(C)C24C(=O)O[C@]43[C@@H](O)C2C=CCCC2)cc1. The van der Waals surface area contributed by atoms with Gasteiger partial charge in [-0.15, -0.1) is 11.6 Å². The van der Waals surface area contributed by atoms with Crippen LogP contribution in [0.2, 0.25) is 0 Å². The summed E-state index contributed by atoms with van der Waals surface area (Å²) in [5.74, 6) is -0.0109. The van der Waals surface area contributed by atoms with Crippen molar-refractivity contribution >= 4 is 23.5 Å². The number of halogens is 1. The van der Waals surface area contributed by atoms with Crippen LogP contribution in [0.1, 0.15) is 38.2 Å². The lowest BCUT2D eigenvalue weighted by atomic mass is 9.78. The van der Waals surface area contributed by atoms with Crippen molar-refractivity contribution in [3.05, 3.63) is 42.0 Å². The zero-order valence-electron chi connectivity index (χ0n) is 17.8. The van der Waals surface area contributed by atoms with Crippen LogP contribution in [0.25, 0.3) is 0 Å². The number of aliphatic hydroxyl groups excluding tert-OH is 1. The minimum atomic E-state index is -1.13. The van der Waals surface area contributed by atoms with Gasteiger partial charge in [-0.2, -0.15) is 0 Å². The Morgan fingerprint density at radius 2 is 2.06 bits per heavy atom. The van der Waals surface area contributed by atoms with E-state index in [0.29, 0.717) is 12.3 Å². The third-order valence-corrected chi connectivity index (χ3v) is 8.44. The lowest BCUT2D eigenvalue weighted by Crippen LogP contribution is -2.66. The number of rotatable bonds is 7. The highest BCUT2D eigenvalue weighted by atomic mass is 35.5. The van der Waals surface area contributed by atoms with E-state index < -0.39 is 34.5 Å². The predicted octanol–water partition coefficient (Wildman–Crippen LogP) is 3.05. The molecule has 6 nitrogen and oxygen atoms in total. The fraction of sp³-hybridized carbons (Fsp3) is 0.583. The molecule has 1 amide bonds. The quantitative estimate of drug-likeness (QED) is 0.396. The van der Waals surface area contributed by atoms with E-state index in [9.17, 15) is 14.7 Å². The molecule has 1 aromatic carbocycles. The van der Waals surface area contributed by atoms with E-state index in [1.165, 1.54) is 0 Å². The van der Waals surface area contributed by atoms with E-state index in [4.69, 9.17) is 21.1 Å². The minimum Gasteiger partial charge on any atom is -0.497 e. The monoisotopic (exact) mass is 445 g/mol. The van der Waals surface area contributed by atoms with Crippen LogP contribution in [0, 0.1) is 17.3 Å². The Balaban J connectivity index is 1.54. The third-order valence-electron chi connectivity index (χ3n) is 8.22. The lowest BCUT2D eigenvalue weighted by Gasteiger charge is -2.45. The molecule has 2 unspecified atom stereocenters. The van der Waals surface area contributed by atoms with Gasteiger partial charge < -0.3 is 19.5 Å². The van der Waals surface area contributed by atoms with Gasteiger partial charge in [-0.25, -0.2) is 4.79 Å². The summed E-state index contributed by atoms with van der Waals surface area (Å²) in [4.78, 5) is 28.2. The first-order valence-corrected chi connectivity index (χ1v) is 11.5. The molecule has 3 fully saturated rings. The molecule has 166 valence electrons. The summed E-state index contributed by atoms with van der Waals surface area (Å²) in [6.45, 7) is 2.21. The van der Waals surface area contributed by atoms with E-state index in [2.05, 4.69) is 6.08 Å². The average Bonchev–Trinajstić information content (AvgIpc) is 3.10. The Kier molecular flexibility index (Phi) is 4.69. The number of carbonyl (C=O) groups is 2. The highest BCUT2D eigenvalue weighted by Gasteiger charge is 3.07. The Labute approximate surface area is 187 Å². The number of allylic oxidation sites excluding steroid dienone is 1. The van der Waals surface area contributed by atoms with E-state index in [1.807, 2.05) is 37.3 Å². The minimum absolute atomic E-state index is 0.0855. The van der Waals surface area contributed by atoms with Crippen LogP contribution in [0.15, 0.2) is 36.4 Å². The van der Waals surface area contributed by atoms with Gasteiger partial charge in [-0.3, -0.25) is 4.79 Å². The number of carbonyl (C=O) groups excluding carboxylic acids is 2. The number of benzene rings is 1. The van der Waals surface area contributed by atoms with Crippen molar-refractivity contribution in [3.8, 4) is 5.75 Å². The molecule has 1 N–H and O–H groups in total. The first-order chi connectivity index (χ1) is 14.9. The van der Waals surface area contributed by atoms with Crippen LogP contribution in [0.3, 0.4) is 0 Å². The molecule has 1 saturated carbocycles. The second-order valence-electron chi connectivity index (χ2n) is 9.31.